The van der Waals surface area contributed by atoms with Crippen molar-refractivity contribution in [2.75, 3.05) is 0 Å². The van der Waals surface area contributed by atoms with E-state index in [1.165, 1.54) is 6.92 Å². The number of aliphatic carboxylic acids is 1. The topological polar surface area (TPSA) is 145 Å². The molecule has 0 aromatic carbocycles. The van der Waals surface area contributed by atoms with Gasteiger partial charge in [-0.1, -0.05) is 6.58 Å². The van der Waals surface area contributed by atoms with E-state index in [0.717, 1.165) is 0 Å². The molecule has 0 unspecified atom stereocenters. The second kappa shape index (κ2) is 4.56. The number of carbonyl (C=O) groups excluding carboxylic acids is 1. The molecule has 0 aromatic heterocycles. The van der Waals surface area contributed by atoms with E-state index in [2.05, 4.69) is 6.58 Å². The summed E-state index contributed by atoms with van der Waals surface area (Å²) in [5.74, 6) is -4.52. The Kier molecular flexibility index (Phi) is 2.98. The van der Waals surface area contributed by atoms with Crippen molar-refractivity contribution in [3.8, 4) is 0 Å². The Bertz CT molecular complexity index is 795. The lowest BCUT2D eigenvalue weighted by Crippen LogP contribution is -2.55. The van der Waals surface area contributed by atoms with Gasteiger partial charge in [0.1, 0.15) is 11.2 Å². The summed E-state index contributed by atoms with van der Waals surface area (Å²) >= 11 is 0. The molecule has 27 heavy (non-hydrogen) atoms. The molecule has 8 heteroatoms. The molecule has 8 nitrogen and oxygen atoms in total. The van der Waals surface area contributed by atoms with Crippen LogP contribution in [0.5, 0.6) is 0 Å². The number of ether oxygens (including phenoxy) is 1. The third kappa shape index (κ3) is 1.48. The predicted molar refractivity (Wildman–Crippen MR) is 88.0 cm³/mol. The van der Waals surface area contributed by atoms with Crippen LogP contribution in [0.15, 0.2) is 12.2 Å². The van der Waals surface area contributed by atoms with Crippen molar-refractivity contribution < 1.29 is 39.9 Å². The van der Waals surface area contributed by atoms with E-state index >= 15 is 0 Å². The van der Waals surface area contributed by atoms with Crippen LogP contribution in [-0.4, -0.2) is 67.0 Å². The Morgan fingerprint density at radius 3 is 2.56 bits per heavy atom. The van der Waals surface area contributed by atoms with E-state index in [-0.39, 0.29) is 31.3 Å². The van der Waals surface area contributed by atoms with Gasteiger partial charge < -0.3 is 30.3 Å². The van der Waals surface area contributed by atoms with Gasteiger partial charge in [0.15, 0.2) is 0 Å². The normalized spacial score (nSPS) is 60.8. The number of carbonyl (C=O) groups is 2. The van der Waals surface area contributed by atoms with Gasteiger partial charge in [-0.15, -0.1) is 0 Å². The van der Waals surface area contributed by atoms with Gasteiger partial charge >= 0.3 is 11.9 Å². The van der Waals surface area contributed by atoms with Crippen molar-refractivity contribution in [1.82, 2.24) is 0 Å². The number of rotatable bonds is 1. The number of hydrogen-bond acceptors (Lipinski definition) is 7. The Morgan fingerprint density at radius 1 is 1.26 bits per heavy atom. The molecule has 5 N–H and O–H groups in total. The minimum atomic E-state index is -1.77. The zero-order valence-electron chi connectivity index (χ0n) is 15.0. The second-order valence-corrected chi connectivity index (χ2v) is 9.42. The lowest BCUT2D eigenvalue weighted by molar-refractivity contribution is -0.177. The van der Waals surface area contributed by atoms with Crippen molar-refractivity contribution in [3.63, 3.8) is 0 Å². The monoisotopic (exact) mass is 380 g/mol. The summed E-state index contributed by atoms with van der Waals surface area (Å²) in [6, 6.07) is 0. The van der Waals surface area contributed by atoms with Crippen LogP contribution in [0.25, 0.3) is 0 Å². The molecule has 148 valence electrons. The van der Waals surface area contributed by atoms with E-state index < -0.39 is 70.0 Å². The first kappa shape index (κ1) is 17.6. The van der Waals surface area contributed by atoms with Crippen LogP contribution >= 0.6 is 0 Å². The third-order valence-corrected chi connectivity index (χ3v) is 8.79. The molecule has 0 radical (unpaired) electrons. The molecule has 4 bridgehead atoms. The van der Waals surface area contributed by atoms with Crippen LogP contribution in [0, 0.1) is 28.6 Å². The third-order valence-electron chi connectivity index (χ3n) is 8.79. The minimum absolute atomic E-state index is 0.00627. The molecule has 4 saturated carbocycles. The molecule has 5 fully saturated rings. The van der Waals surface area contributed by atoms with Crippen molar-refractivity contribution >= 4 is 11.9 Å². The van der Waals surface area contributed by atoms with Crippen LogP contribution in [0.2, 0.25) is 0 Å². The van der Waals surface area contributed by atoms with Gasteiger partial charge in [-0.3, -0.25) is 9.59 Å². The molecule has 1 spiro atoms. The van der Waals surface area contributed by atoms with Gasteiger partial charge in [0.05, 0.1) is 29.6 Å². The average Bonchev–Trinajstić information content (AvgIpc) is 3.01. The van der Waals surface area contributed by atoms with Crippen LogP contribution in [-0.2, 0) is 14.3 Å². The summed E-state index contributed by atoms with van der Waals surface area (Å²) in [5.41, 5.74) is -5.63. The smallest absolute Gasteiger partial charge is 0.315 e. The van der Waals surface area contributed by atoms with E-state index in [1.807, 2.05) is 0 Å². The van der Waals surface area contributed by atoms with Gasteiger partial charge in [0.25, 0.3) is 0 Å². The molecule has 4 aliphatic carbocycles. The highest BCUT2D eigenvalue weighted by atomic mass is 16.6. The first-order valence-corrected chi connectivity index (χ1v) is 9.40. The summed E-state index contributed by atoms with van der Waals surface area (Å²) < 4.78 is 5.83. The summed E-state index contributed by atoms with van der Waals surface area (Å²) in [6.07, 6.45) is -3.23. The fraction of sp³-hybridized carbons (Fsp3) is 0.789. The number of aliphatic hydroxyl groups excluding tert-OH is 3. The molecule has 1 aliphatic heterocycles. The van der Waals surface area contributed by atoms with Crippen LogP contribution in [0.3, 0.4) is 0 Å². The van der Waals surface area contributed by atoms with Gasteiger partial charge in [0, 0.05) is 17.3 Å². The zero-order valence-corrected chi connectivity index (χ0v) is 15.0. The maximum Gasteiger partial charge on any atom is 0.315 e. The van der Waals surface area contributed by atoms with E-state index in [0.29, 0.717) is 0 Å². The number of aliphatic hydroxyl groups is 4. The SMILES string of the molecule is C=C1[C@@H](O)[C@]23C[C@@]1(O)[C@@H](O)C[C@H]2[C@@]12CC[C@H](O)[C@@](C)(C(=O)O1)[C@H]2[C@@H]3C(=O)O. The number of hydrogen-bond donors (Lipinski definition) is 5. The zero-order chi connectivity index (χ0) is 19.7. The summed E-state index contributed by atoms with van der Waals surface area (Å²) in [5, 5.41) is 53.5. The standard InChI is InChI=1S/C19H24O8/c1-7-13(22)17-6-18(7,26)10(21)5-8(17)19-4-3-9(20)16(2,15(25)27-19)12(19)11(17)14(23)24/h8-13,20-22,26H,1,3-6H2,2H3,(H,23,24)/t8-,9+,10+,11-,12-,13-,16-,17-,18+,19-/m1/s1. The Balaban J connectivity index is 1.80. The highest BCUT2D eigenvalue weighted by Crippen LogP contribution is 2.78. The summed E-state index contributed by atoms with van der Waals surface area (Å²) in [4.78, 5) is 25.2. The van der Waals surface area contributed by atoms with Crippen molar-refractivity contribution in [3.05, 3.63) is 12.2 Å². The molecule has 0 amide bonds. The number of fused-ring (bicyclic) bond motifs is 1. The number of carboxylic acid groups (broad SMARTS) is 1. The molecular weight excluding hydrogens is 356 g/mol. The average molecular weight is 380 g/mol. The Hall–Kier alpha value is -1.48. The van der Waals surface area contributed by atoms with Crippen LogP contribution in [0.1, 0.15) is 32.6 Å². The van der Waals surface area contributed by atoms with E-state index in [9.17, 15) is 35.1 Å². The molecular formula is C19H24O8. The number of esters is 1. The lowest BCUT2D eigenvalue weighted by atomic mass is 9.59. The maximum absolute atomic E-state index is 12.8. The van der Waals surface area contributed by atoms with Gasteiger partial charge in [-0.05, 0) is 38.2 Å². The Morgan fingerprint density at radius 2 is 1.93 bits per heavy atom. The molecule has 10 atom stereocenters. The fourth-order valence-electron chi connectivity index (χ4n) is 7.64. The lowest BCUT2D eigenvalue weighted by Gasteiger charge is -2.47. The molecule has 0 aromatic rings. The molecule has 5 aliphatic rings. The van der Waals surface area contributed by atoms with E-state index in [1.54, 1.807) is 0 Å². The highest BCUT2D eigenvalue weighted by molar-refractivity contribution is 5.85. The quantitative estimate of drug-likeness (QED) is 0.293. The first-order valence-electron chi connectivity index (χ1n) is 9.40. The minimum Gasteiger partial charge on any atom is -0.481 e. The van der Waals surface area contributed by atoms with Gasteiger partial charge in [0.2, 0.25) is 0 Å². The summed E-state index contributed by atoms with van der Waals surface area (Å²) in [6.45, 7) is 5.30. The van der Waals surface area contributed by atoms with Crippen LogP contribution in [0.4, 0.5) is 0 Å². The molecule has 5 rings (SSSR count). The van der Waals surface area contributed by atoms with E-state index in [4.69, 9.17) is 4.74 Å². The van der Waals surface area contributed by atoms with Crippen molar-refractivity contribution in [1.29, 1.82) is 0 Å². The largest absolute Gasteiger partial charge is 0.481 e. The first-order chi connectivity index (χ1) is 12.5. The van der Waals surface area contributed by atoms with Crippen LogP contribution < -0.4 is 0 Å². The van der Waals surface area contributed by atoms with Gasteiger partial charge in [-0.25, -0.2) is 0 Å². The number of carboxylic acids is 1. The van der Waals surface area contributed by atoms with Gasteiger partial charge in [-0.2, -0.15) is 0 Å². The predicted octanol–water partition coefficient (Wildman–Crippen LogP) is -0.807. The van der Waals surface area contributed by atoms with Crippen molar-refractivity contribution in [2.45, 2.75) is 62.1 Å². The highest BCUT2D eigenvalue weighted by Gasteiger charge is 2.87. The van der Waals surface area contributed by atoms with Crippen molar-refractivity contribution in [2.24, 2.45) is 28.6 Å². The fourth-order valence-corrected chi connectivity index (χ4v) is 7.64. The summed E-state index contributed by atoms with van der Waals surface area (Å²) in [7, 11) is 0. The maximum atomic E-state index is 12.8. The molecule has 1 saturated heterocycles. The second-order valence-electron chi connectivity index (χ2n) is 9.42. The molecule has 1 heterocycles. The Labute approximate surface area is 155 Å².